The van der Waals surface area contributed by atoms with Crippen LogP contribution in [0.25, 0.3) is 22.2 Å². The number of aryl methyl sites for hydroxylation is 2. The number of nitrogens with zero attached hydrogens (tertiary/aromatic N) is 1. The topological polar surface area (TPSA) is 64.6 Å². The monoisotopic (exact) mass is 501 g/mol. The van der Waals surface area contributed by atoms with Crippen LogP contribution >= 0.6 is 0 Å². The maximum Gasteiger partial charge on any atom is 0.0820 e. The van der Waals surface area contributed by atoms with Gasteiger partial charge in [-0.2, -0.15) is 0 Å². The van der Waals surface area contributed by atoms with Gasteiger partial charge in [0, 0.05) is 20.1 Å². The number of rotatable bonds is 1. The molecule has 0 aliphatic carbocycles. The summed E-state index contributed by atoms with van der Waals surface area (Å²) in [4.78, 5) is 4.70. The third-order valence-electron chi connectivity index (χ3n) is 3.02. The molecule has 3 nitrogen and oxygen atoms in total. The summed E-state index contributed by atoms with van der Waals surface area (Å²) >= 11 is 0. The number of hydrogen-bond donors (Lipinski definition) is 1. The number of para-hydroxylation sites is 1. The number of benzene rings is 2. The van der Waals surface area contributed by atoms with Crippen molar-refractivity contribution >= 4 is 10.9 Å². The average molecular weight is 501 g/mol. The molecule has 4 heteroatoms. The minimum atomic E-state index is 0. The van der Waals surface area contributed by atoms with Crippen LogP contribution in [0.3, 0.4) is 0 Å². The van der Waals surface area contributed by atoms with Crippen LogP contribution in [0.4, 0.5) is 0 Å². The van der Waals surface area contributed by atoms with Gasteiger partial charge in [0.1, 0.15) is 0 Å². The predicted octanol–water partition coefficient (Wildman–Crippen LogP) is 4.57. The number of aliphatic hydroxyl groups is 1. The van der Waals surface area contributed by atoms with Gasteiger partial charge in [0.05, 0.1) is 11.3 Å². The van der Waals surface area contributed by atoms with Gasteiger partial charge in [-0.15, -0.1) is 34.9 Å². The fraction of sp³-hybridized carbons (Fsp3) is 0.150. The van der Waals surface area contributed by atoms with Gasteiger partial charge in [-0.05, 0) is 24.1 Å². The number of hydrogen-bond acceptors (Lipinski definition) is 2. The summed E-state index contributed by atoms with van der Waals surface area (Å²) in [6.07, 6.45) is 0. The molecule has 1 aromatic heterocycles. The van der Waals surface area contributed by atoms with Crippen LogP contribution in [0.2, 0.25) is 0 Å². The molecule has 0 bridgehead atoms. The van der Waals surface area contributed by atoms with Gasteiger partial charge in [0.25, 0.3) is 0 Å². The van der Waals surface area contributed by atoms with Gasteiger partial charge in [0.2, 0.25) is 0 Å². The van der Waals surface area contributed by atoms with Crippen LogP contribution in [0.15, 0.2) is 60.9 Å². The normalized spacial score (nSPS) is 9.12. The molecule has 3 N–H and O–H groups in total. The Balaban J connectivity index is 0.000000801. The molecule has 0 saturated carbocycles. The Hall–Kier alpha value is -2.00. The van der Waals surface area contributed by atoms with Crippen LogP contribution in [-0.2, 0) is 20.1 Å². The zero-order valence-electron chi connectivity index (χ0n) is 14.1. The fourth-order valence-electron chi connectivity index (χ4n) is 2.25. The van der Waals surface area contributed by atoms with Crippen molar-refractivity contribution in [3.8, 4) is 11.3 Å². The average Bonchev–Trinajstić information content (AvgIpc) is 2.45. The quantitative estimate of drug-likeness (QED) is 0.393. The van der Waals surface area contributed by atoms with Crippen molar-refractivity contribution in [1.82, 2.24) is 4.98 Å². The standard InChI is InChI=1S/C17H14N.C3H6O.Ir.H2O/c1-12-9-13(2)11-15(10-12)17-8-7-14-5-3-4-6-16(14)18-17;1-3(2)4;;/h3-10H,1-2H3;4H,1H2,2H3;;1H2/q-1;;;. The minimum Gasteiger partial charge on any atom is -0.513 e. The van der Waals surface area contributed by atoms with E-state index in [-0.39, 0.29) is 31.3 Å². The first-order valence-corrected chi connectivity index (χ1v) is 7.17. The number of aliphatic hydroxyl groups excluding tert-OH is 1. The van der Waals surface area contributed by atoms with Crippen LogP contribution in [0.5, 0.6) is 0 Å². The first kappa shape index (κ1) is 22.0. The van der Waals surface area contributed by atoms with E-state index in [1.54, 1.807) is 0 Å². The molecule has 24 heavy (non-hydrogen) atoms. The van der Waals surface area contributed by atoms with Crippen molar-refractivity contribution in [2.24, 2.45) is 0 Å². The Labute approximate surface area is 156 Å². The number of allylic oxidation sites excluding steroid dienone is 1. The summed E-state index contributed by atoms with van der Waals surface area (Å²) in [6, 6.07) is 20.0. The Kier molecular flexibility index (Phi) is 9.16. The second kappa shape index (κ2) is 9.99. The summed E-state index contributed by atoms with van der Waals surface area (Å²) in [6.45, 7) is 8.81. The smallest absolute Gasteiger partial charge is 0.0820 e. The summed E-state index contributed by atoms with van der Waals surface area (Å²) in [7, 11) is 0. The fourth-order valence-corrected chi connectivity index (χ4v) is 2.25. The van der Waals surface area contributed by atoms with Crippen LogP contribution in [-0.4, -0.2) is 15.6 Å². The van der Waals surface area contributed by atoms with Gasteiger partial charge < -0.3 is 10.6 Å². The molecule has 0 aliphatic rings. The molecule has 0 atom stereocenters. The van der Waals surface area contributed by atoms with Crippen molar-refractivity contribution in [3.05, 3.63) is 78.1 Å². The van der Waals surface area contributed by atoms with Crippen LogP contribution in [0, 0.1) is 19.9 Å². The third-order valence-corrected chi connectivity index (χ3v) is 3.02. The molecule has 3 aromatic rings. The van der Waals surface area contributed by atoms with E-state index < -0.39 is 0 Å². The van der Waals surface area contributed by atoms with Crippen molar-refractivity contribution in [3.63, 3.8) is 0 Å². The van der Waals surface area contributed by atoms with E-state index in [1.165, 1.54) is 17.9 Å². The molecule has 1 heterocycles. The maximum atomic E-state index is 7.86. The second-order valence-electron chi connectivity index (χ2n) is 5.38. The first-order chi connectivity index (χ1) is 10.5. The van der Waals surface area contributed by atoms with Crippen molar-refractivity contribution < 1.29 is 30.7 Å². The van der Waals surface area contributed by atoms with Gasteiger partial charge in [-0.3, -0.25) is 4.98 Å². The largest absolute Gasteiger partial charge is 0.513 e. The third kappa shape index (κ3) is 6.25. The Morgan fingerprint density at radius 1 is 1.08 bits per heavy atom. The molecule has 0 spiro atoms. The van der Waals surface area contributed by atoms with E-state index in [9.17, 15) is 0 Å². The summed E-state index contributed by atoms with van der Waals surface area (Å²) < 4.78 is 0. The molecular weight excluding hydrogens is 478 g/mol. The Morgan fingerprint density at radius 3 is 2.33 bits per heavy atom. The Morgan fingerprint density at radius 2 is 1.71 bits per heavy atom. The summed E-state index contributed by atoms with van der Waals surface area (Å²) in [5.74, 6) is 0.167. The molecule has 0 amide bonds. The molecule has 129 valence electrons. The van der Waals surface area contributed by atoms with E-state index in [0.717, 1.165) is 22.3 Å². The number of pyridine rings is 1. The number of aromatic nitrogens is 1. The second-order valence-corrected chi connectivity index (χ2v) is 5.38. The summed E-state index contributed by atoms with van der Waals surface area (Å²) in [5.41, 5.74) is 5.48. The molecule has 2 aromatic carbocycles. The molecule has 3 rings (SSSR count). The van der Waals surface area contributed by atoms with Crippen molar-refractivity contribution in [1.29, 1.82) is 0 Å². The molecule has 0 saturated heterocycles. The van der Waals surface area contributed by atoms with E-state index in [4.69, 9.17) is 10.1 Å². The van der Waals surface area contributed by atoms with E-state index in [0.29, 0.717) is 0 Å². The number of fused-ring (bicyclic) bond motifs is 1. The predicted molar refractivity (Wildman–Crippen MR) is 96.5 cm³/mol. The van der Waals surface area contributed by atoms with Gasteiger partial charge >= 0.3 is 0 Å². The van der Waals surface area contributed by atoms with Gasteiger partial charge in [-0.25, -0.2) is 0 Å². The minimum absolute atomic E-state index is 0. The maximum absolute atomic E-state index is 7.86. The van der Waals surface area contributed by atoms with Crippen LogP contribution in [0.1, 0.15) is 18.1 Å². The molecule has 0 aliphatic heterocycles. The zero-order valence-corrected chi connectivity index (χ0v) is 16.4. The van der Waals surface area contributed by atoms with E-state index in [1.807, 2.05) is 18.2 Å². The van der Waals surface area contributed by atoms with Gasteiger partial charge in [-0.1, -0.05) is 50.8 Å². The molecular formula is C20H22IrNO2-. The van der Waals surface area contributed by atoms with E-state index >= 15 is 0 Å². The Bertz CT molecular complexity index is 791. The SMILES string of the molecule is C=C(C)O.Cc1[c-]c(-c2ccc3ccccc3n2)cc(C)c1.O.[Ir]. The zero-order chi connectivity index (χ0) is 16.1. The van der Waals surface area contributed by atoms with Crippen LogP contribution < -0.4 is 0 Å². The molecule has 1 radical (unpaired) electrons. The van der Waals surface area contributed by atoms with E-state index in [2.05, 4.69) is 56.8 Å². The molecule has 0 fully saturated rings. The van der Waals surface area contributed by atoms with Crippen molar-refractivity contribution in [2.75, 3.05) is 0 Å². The van der Waals surface area contributed by atoms with Crippen molar-refractivity contribution in [2.45, 2.75) is 20.8 Å². The summed E-state index contributed by atoms with van der Waals surface area (Å²) in [5, 5.41) is 9.03. The first-order valence-electron chi connectivity index (χ1n) is 7.17. The van der Waals surface area contributed by atoms with Gasteiger partial charge in [0.15, 0.2) is 0 Å². The molecule has 0 unspecified atom stereocenters.